The Morgan fingerprint density at radius 2 is 1.86 bits per heavy atom. The molecule has 0 spiro atoms. The van der Waals surface area contributed by atoms with Crippen LogP contribution < -0.4 is 0 Å². The number of halogens is 2. The quantitative estimate of drug-likeness (QED) is 0.641. The van der Waals surface area contributed by atoms with Crippen molar-refractivity contribution in [2.75, 3.05) is 0 Å². The number of hydrogen-bond acceptors (Lipinski definition) is 3. The van der Waals surface area contributed by atoms with Gasteiger partial charge in [-0.15, -0.1) is 0 Å². The first-order valence-corrected chi connectivity index (χ1v) is 9.23. The maximum Gasteiger partial charge on any atom is 0.311 e. The zero-order valence-corrected chi connectivity index (χ0v) is 16.2. The summed E-state index contributed by atoms with van der Waals surface area (Å²) in [6, 6.07) is 7.21. The lowest BCUT2D eigenvalue weighted by molar-refractivity contribution is -0.140. The van der Waals surface area contributed by atoms with E-state index in [2.05, 4.69) is 0 Å². The maximum absolute atomic E-state index is 14.1. The normalized spacial score (nSPS) is 13.4. The van der Waals surface area contributed by atoms with E-state index in [1.54, 1.807) is 13.8 Å². The summed E-state index contributed by atoms with van der Waals surface area (Å²) in [6.45, 7) is 5.20. The number of carbonyl (C=O) groups excluding carboxylic acids is 1. The van der Waals surface area contributed by atoms with Crippen LogP contribution in [0.4, 0.5) is 8.78 Å². The fourth-order valence-corrected chi connectivity index (χ4v) is 3.74. The number of rotatable bonds is 5. The Bertz CT molecular complexity index is 1120. The molecule has 0 fully saturated rings. The van der Waals surface area contributed by atoms with Crippen molar-refractivity contribution in [3.8, 4) is 5.75 Å². The van der Waals surface area contributed by atoms with Crippen molar-refractivity contribution >= 4 is 22.8 Å². The van der Waals surface area contributed by atoms with Crippen molar-refractivity contribution in [2.45, 2.75) is 33.1 Å². The molecule has 3 rings (SSSR count). The SMILES string of the molecule is CCC(C)C(C(=O)O)c1c(C)n(C(=O)c2cccc(F)c2)c2cc(F)c(O)cc12. The van der Waals surface area contributed by atoms with E-state index in [9.17, 15) is 28.6 Å². The molecule has 0 aliphatic carbocycles. The van der Waals surface area contributed by atoms with Gasteiger partial charge in [-0.05, 0) is 42.7 Å². The molecular formula is C22H21F2NO4. The number of carboxylic acids is 1. The molecule has 1 aromatic heterocycles. The van der Waals surface area contributed by atoms with Crippen LogP contribution in [-0.4, -0.2) is 26.7 Å². The van der Waals surface area contributed by atoms with Gasteiger partial charge in [0.15, 0.2) is 11.6 Å². The number of fused-ring (bicyclic) bond motifs is 1. The highest BCUT2D eigenvalue weighted by molar-refractivity contribution is 6.05. The lowest BCUT2D eigenvalue weighted by Crippen LogP contribution is -2.21. The Balaban J connectivity index is 2.37. The summed E-state index contributed by atoms with van der Waals surface area (Å²) >= 11 is 0. The molecule has 7 heteroatoms. The molecule has 0 saturated heterocycles. The first-order chi connectivity index (χ1) is 13.7. The van der Waals surface area contributed by atoms with Gasteiger partial charge in [0.05, 0.1) is 11.4 Å². The van der Waals surface area contributed by atoms with Crippen LogP contribution in [0.3, 0.4) is 0 Å². The number of hydrogen-bond donors (Lipinski definition) is 2. The van der Waals surface area contributed by atoms with Crippen LogP contribution in [0.5, 0.6) is 5.75 Å². The van der Waals surface area contributed by atoms with Crippen LogP contribution in [-0.2, 0) is 4.79 Å². The first-order valence-electron chi connectivity index (χ1n) is 9.23. The fourth-order valence-electron chi connectivity index (χ4n) is 3.74. The van der Waals surface area contributed by atoms with Gasteiger partial charge in [-0.25, -0.2) is 8.78 Å². The number of nitrogens with zero attached hydrogens (tertiary/aromatic N) is 1. The van der Waals surface area contributed by atoms with Gasteiger partial charge in [0.25, 0.3) is 5.91 Å². The van der Waals surface area contributed by atoms with E-state index in [1.165, 1.54) is 22.8 Å². The number of phenols is 1. The van der Waals surface area contributed by atoms with Gasteiger partial charge in [-0.1, -0.05) is 26.3 Å². The molecule has 29 heavy (non-hydrogen) atoms. The topological polar surface area (TPSA) is 79.5 Å². The molecule has 0 radical (unpaired) electrons. The molecule has 0 aliphatic rings. The highest BCUT2D eigenvalue weighted by Crippen LogP contribution is 2.39. The summed E-state index contributed by atoms with van der Waals surface area (Å²) in [5, 5.41) is 20.0. The molecular weight excluding hydrogens is 380 g/mol. The smallest absolute Gasteiger partial charge is 0.311 e. The van der Waals surface area contributed by atoms with E-state index in [0.29, 0.717) is 17.7 Å². The molecule has 2 atom stereocenters. The van der Waals surface area contributed by atoms with Gasteiger partial charge < -0.3 is 10.2 Å². The van der Waals surface area contributed by atoms with Crippen molar-refractivity contribution < 1.29 is 28.6 Å². The number of benzene rings is 2. The zero-order chi connectivity index (χ0) is 21.5. The first kappa shape index (κ1) is 20.5. The van der Waals surface area contributed by atoms with Gasteiger partial charge in [-0.2, -0.15) is 0 Å². The largest absolute Gasteiger partial charge is 0.505 e. The second kappa shape index (κ2) is 7.66. The van der Waals surface area contributed by atoms with Gasteiger partial charge in [-0.3, -0.25) is 14.2 Å². The van der Waals surface area contributed by atoms with E-state index in [4.69, 9.17) is 0 Å². The predicted octanol–water partition coefficient (Wildman–Crippen LogP) is 4.84. The summed E-state index contributed by atoms with van der Waals surface area (Å²) in [5.74, 6) is -5.11. The van der Waals surface area contributed by atoms with Crippen LogP contribution in [0, 0.1) is 24.5 Å². The summed E-state index contributed by atoms with van der Waals surface area (Å²) < 4.78 is 28.9. The molecule has 2 unspecified atom stereocenters. The van der Waals surface area contributed by atoms with Gasteiger partial charge >= 0.3 is 5.97 Å². The third-order valence-corrected chi connectivity index (χ3v) is 5.39. The van der Waals surface area contributed by atoms with Gasteiger partial charge in [0.1, 0.15) is 5.82 Å². The number of aromatic hydroxyl groups is 1. The average molecular weight is 401 g/mol. The van der Waals surface area contributed by atoms with Crippen LogP contribution in [0.1, 0.15) is 47.8 Å². The minimum Gasteiger partial charge on any atom is -0.505 e. The highest BCUT2D eigenvalue weighted by atomic mass is 19.1. The number of phenolic OH excluding ortho intramolecular Hbond substituents is 1. The summed E-state index contributed by atoms with van der Waals surface area (Å²) in [7, 11) is 0. The van der Waals surface area contributed by atoms with Crippen molar-refractivity contribution in [2.24, 2.45) is 5.92 Å². The highest BCUT2D eigenvalue weighted by Gasteiger charge is 2.33. The molecule has 0 saturated carbocycles. The minimum absolute atomic E-state index is 0.0421. The molecule has 0 aliphatic heterocycles. The van der Waals surface area contributed by atoms with Gasteiger partial charge in [0, 0.05) is 22.7 Å². The van der Waals surface area contributed by atoms with E-state index < -0.39 is 35.2 Å². The number of aliphatic carboxylic acids is 1. The third kappa shape index (κ3) is 3.48. The van der Waals surface area contributed by atoms with Crippen molar-refractivity contribution in [3.63, 3.8) is 0 Å². The summed E-state index contributed by atoms with van der Waals surface area (Å²) in [5.41, 5.74) is 0.811. The molecule has 0 bridgehead atoms. The Morgan fingerprint density at radius 1 is 1.17 bits per heavy atom. The lowest BCUT2D eigenvalue weighted by atomic mass is 9.84. The average Bonchev–Trinajstić information content (AvgIpc) is 2.93. The Morgan fingerprint density at radius 3 is 2.45 bits per heavy atom. The van der Waals surface area contributed by atoms with Gasteiger partial charge in [0.2, 0.25) is 0 Å². The number of aromatic nitrogens is 1. The zero-order valence-electron chi connectivity index (χ0n) is 16.2. The maximum atomic E-state index is 14.1. The second-order valence-corrected chi connectivity index (χ2v) is 7.17. The van der Waals surface area contributed by atoms with Crippen molar-refractivity contribution in [1.82, 2.24) is 4.57 Å². The minimum atomic E-state index is -1.08. The van der Waals surface area contributed by atoms with Crippen molar-refractivity contribution in [3.05, 3.63) is 64.9 Å². The number of carbonyl (C=O) groups is 2. The Hall–Kier alpha value is -3.22. The van der Waals surface area contributed by atoms with E-state index in [0.717, 1.165) is 18.2 Å². The molecule has 3 aromatic rings. The monoisotopic (exact) mass is 401 g/mol. The molecule has 1 heterocycles. The van der Waals surface area contributed by atoms with E-state index >= 15 is 0 Å². The molecule has 2 aromatic carbocycles. The Kier molecular flexibility index (Phi) is 5.42. The summed E-state index contributed by atoms with van der Waals surface area (Å²) in [4.78, 5) is 25.2. The third-order valence-electron chi connectivity index (χ3n) is 5.39. The second-order valence-electron chi connectivity index (χ2n) is 7.17. The molecule has 152 valence electrons. The molecule has 0 amide bonds. The fraction of sp³-hybridized carbons (Fsp3) is 0.273. The summed E-state index contributed by atoms with van der Waals surface area (Å²) in [6.07, 6.45) is 0.564. The lowest BCUT2D eigenvalue weighted by Gasteiger charge is -2.20. The molecule has 5 nitrogen and oxygen atoms in total. The van der Waals surface area contributed by atoms with Crippen molar-refractivity contribution in [1.29, 1.82) is 0 Å². The van der Waals surface area contributed by atoms with Crippen LogP contribution in [0.15, 0.2) is 36.4 Å². The van der Waals surface area contributed by atoms with E-state index in [-0.39, 0.29) is 22.4 Å². The predicted molar refractivity (Wildman–Crippen MR) is 104 cm³/mol. The van der Waals surface area contributed by atoms with Crippen LogP contribution in [0.2, 0.25) is 0 Å². The number of carboxylic acid groups (broad SMARTS) is 1. The Labute approximate surface area is 166 Å². The van der Waals surface area contributed by atoms with E-state index in [1.807, 2.05) is 6.92 Å². The molecule has 2 N–H and O–H groups in total. The van der Waals surface area contributed by atoms with Crippen LogP contribution in [0.25, 0.3) is 10.9 Å². The standard InChI is InChI=1S/C22H21F2NO4/c1-4-11(2)19(22(28)29)20-12(3)25(17-10-16(24)18(26)9-15(17)20)21(27)13-6-5-7-14(23)8-13/h5-11,19,26H,4H2,1-3H3,(H,28,29). The van der Waals surface area contributed by atoms with Crippen LogP contribution >= 0.6 is 0 Å².